The van der Waals surface area contributed by atoms with E-state index in [1.807, 2.05) is 18.2 Å². The van der Waals surface area contributed by atoms with Crippen molar-refractivity contribution in [2.75, 3.05) is 19.6 Å². The van der Waals surface area contributed by atoms with Crippen LogP contribution in [0.25, 0.3) is 10.8 Å². The zero-order chi connectivity index (χ0) is 15.5. The Balaban J connectivity index is 1.67. The highest BCUT2D eigenvalue weighted by molar-refractivity contribution is 5.80. The average molecular weight is 301 g/mol. The monoisotopic (exact) mass is 301 g/mol. The molecule has 0 amide bonds. The third-order valence-corrected chi connectivity index (χ3v) is 4.49. The lowest BCUT2D eigenvalue weighted by molar-refractivity contribution is 0.0768. The summed E-state index contributed by atoms with van der Waals surface area (Å²) in [5.74, 6) is 0.776. The van der Waals surface area contributed by atoms with Crippen LogP contribution in [0.15, 0.2) is 35.3 Å². The van der Waals surface area contributed by atoms with Gasteiger partial charge in [-0.3, -0.25) is 4.79 Å². The van der Waals surface area contributed by atoms with Crippen LogP contribution in [0.5, 0.6) is 0 Å². The quantitative estimate of drug-likeness (QED) is 0.929. The first kappa shape index (κ1) is 15.2. The number of nitrogens with zero attached hydrogens (tertiary/aromatic N) is 3. The van der Waals surface area contributed by atoms with Crippen LogP contribution < -0.4 is 5.56 Å². The minimum Gasteiger partial charge on any atom is -0.390 e. The van der Waals surface area contributed by atoms with Crippen molar-refractivity contribution in [1.29, 1.82) is 0 Å². The smallest absolute Gasteiger partial charge is 0.274 e. The van der Waals surface area contributed by atoms with Crippen molar-refractivity contribution in [2.24, 2.45) is 5.92 Å². The highest BCUT2D eigenvalue weighted by Gasteiger charge is 2.19. The van der Waals surface area contributed by atoms with Gasteiger partial charge in [0, 0.05) is 11.9 Å². The van der Waals surface area contributed by atoms with Gasteiger partial charge in [-0.1, -0.05) is 25.1 Å². The Bertz CT molecular complexity index is 690. The lowest BCUT2D eigenvalue weighted by Crippen LogP contribution is -2.41. The third-order valence-electron chi connectivity index (χ3n) is 4.49. The molecular formula is C17H23N3O2. The predicted octanol–water partition coefficient (Wildman–Crippen LogP) is 1.49. The molecule has 0 saturated carbocycles. The van der Waals surface area contributed by atoms with Gasteiger partial charge < -0.3 is 10.0 Å². The number of likely N-dealkylation sites (tertiary alicyclic amines) is 1. The lowest BCUT2D eigenvalue weighted by atomic mass is 9.99. The Morgan fingerprint density at radius 3 is 2.77 bits per heavy atom. The van der Waals surface area contributed by atoms with Gasteiger partial charge in [-0.15, -0.1) is 0 Å². The molecule has 22 heavy (non-hydrogen) atoms. The van der Waals surface area contributed by atoms with Gasteiger partial charge in [0.25, 0.3) is 5.56 Å². The molecule has 5 heteroatoms. The zero-order valence-corrected chi connectivity index (χ0v) is 13.0. The molecule has 1 aromatic carbocycles. The number of hydrogen-bond acceptors (Lipinski definition) is 4. The van der Waals surface area contributed by atoms with Crippen molar-refractivity contribution in [3.8, 4) is 0 Å². The summed E-state index contributed by atoms with van der Waals surface area (Å²) in [6, 6.07) is 7.41. The summed E-state index contributed by atoms with van der Waals surface area (Å²) in [5, 5.41) is 15.9. The van der Waals surface area contributed by atoms with Crippen molar-refractivity contribution >= 4 is 10.8 Å². The first-order valence-electron chi connectivity index (χ1n) is 7.99. The van der Waals surface area contributed by atoms with Gasteiger partial charge in [0.15, 0.2) is 0 Å². The third kappa shape index (κ3) is 3.36. The summed E-state index contributed by atoms with van der Waals surface area (Å²) >= 11 is 0. The second-order valence-electron chi connectivity index (χ2n) is 6.36. The number of fused-ring (bicyclic) bond motifs is 1. The van der Waals surface area contributed by atoms with Gasteiger partial charge in [0.1, 0.15) is 0 Å². The molecule has 1 aliphatic heterocycles. The van der Waals surface area contributed by atoms with E-state index in [9.17, 15) is 9.90 Å². The van der Waals surface area contributed by atoms with Crippen LogP contribution in [0.2, 0.25) is 0 Å². The SMILES string of the molecule is CC1CCN(C[C@@H](O)Cn2ncc3ccccc3c2=O)CC1. The van der Waals surface area contributed by atoms with E-state index in [0.29, 0.717) is 11.9 Å². The van der Waals surface area contributed by atoms with Gasteiger partial charge in [-0.25, -0.2) is 4.68 Å². The van der Waals surface area contributed by atoms with Gasteiger partial charge in [-0.2, -0.15) is 5.10 Å². The van der Waals surface area contributed by atoms with E-state index >= 15 is 0 Å². The topological polar surface area (TPSA) is 58.4 Å². The van der Waals surface area contributed by atoms with Gasteiger partial charge >= 0.3 is 0 Å². The first-order valence-corrected chi connectivity index (χ1v) is 7.99. The molecule has 1 atom stereocenters. The summed E-state index contributed by atoms with van der Waals surface area (Å²) in [6.45, 7) is 5.17. The summed E-state index contributed by atoms with van der Waals surface area (Å²) in [6.07, 6.45) is 3.48. The van der Waals surface area contributed by atoms with Crippen LogP contribution in [0.3, 0.4) is 0 Å². The number of aliphatic hydroxyl groups excluding tert-OH is 1. The highest BCUT2D eigenvalue weighted by Crippen LogP contribution is 2.16. The molecule has 0 bridgehead atoms. The Labute approximate surface area is 130 Å². The molecule has 1 fully saturated rings. The Hall–Kier alpha value is -1.72. The number of hydrogen-bond donors (Lipinski definition) is 1. The van der Waals surface area contributed by atoms with Crippen molar-refractivity contribution in [1.82, 2.24) is 14.7 Å². The summed E-state index contributed by atoms with van der Waals surface area (Å²) in [5.41, 5.74) is -0.135. The van der Waals surface area contributed by atoms with Crippen molar-refractivity contribution in [3.05, 3.63) is 40.8 Å². The molecule has 0 unspecified atom stereocenters. The maximum atomic E-state index is 12.4. The molecule has 0 spiro atoms. The fourth-order valence-corrected chi connectivity index (χ4v) is 3.06. The van der Waals surface area contributed by atoms with E-state index in [-0.39, 0.29) is 12.1 Å². The minimum absolute atomic E-state index is 0.135. The second-order valence-corrected chi connectivity index (χ2v) is 6.36. The Morgan fingerprint density at radius 2 is 2.00 bits per heavy atom. The molecule has 1 N–H and O–H groups in total. The molecule has 5 nitrogen and oxygen atoms in total. The van der Waals surface area contributed by atoms with Gasteiger partial charge in [0.05, 0.1) is 24.2 Å². The van der Waals surface area contributed by atoms with Crippen LogP contribution in [0.1, 0.15) is 19.8 Å². The van der Waals surface area contributed by atoms with Gasteiger partial charge in [0.2, 0.25) is 0 Å². The largest absolute Gasteiger partial charge is 0.390 e. The molecule has 3 rings (SSSR count). The number of benzene rings is 1. The minimum atomic E-state index is -0.570. The summed E-state index contributed by atoms with van der Waals surface area (Å²) in [7, 11) is 0. The molecule has 0 aliphatic carbocycles. The van der Waals surface area contributed by atoms with Gasteiger partial charge in [-0.05, 0) is 37.9 Å². The standard InChI is InChI=1S/C17H23N3O2/c1-13-6-8-19(9-7-13)11-15(21)12-20-17(22)16-5-3-2-4-14(16)10-18-20/h2-5,10,13,15,21H,6-9,11-12H2,1H3/t15-/m1/s1. The number of aromatic nitrogens is 2. The lowest BCUT2D eigenvalue weighted by Gasteiger charge is -2.31. The Kier molecular flexibility index (Phi) is 4.55. The molecule has 0 radical (unpaired) electrons. The predicted molar refractivity (Wildman–Crippen MR) is 86.8 cm³/mol. The average Bonchev–Trinajstić information content (AvgIpc) is 2.53. The molecule has 118 valence electrons. The van der Waals surface area contributed by atoms with Crippen LogP contribution in [0.4, 0.5) is 0 Å². The maximum Gasteiger partial charge on any atom is 0.274 e. The molecule has 2 heterocycles. The van der Waals surface area contributed by atoms with E-state index in [4.69, 9.17) is 0 Å². The molecular weight excluding hydrogens is 278 g/mol. The molecule has 1 saturated heterocycles. The number of β-amino-alcohol motifs (C(OH)–C–C–N with tert-alkyl or cyclic N) is 1. The number of piperidine rings is 1. The number of aliphatic hydroxyl groups is 1. The van der Waals surface area contributed by atoms with Crippen LogP contribution in [-0.2, 0) is 6.54 Å². The first-order chi connectivity index (χ1) is 10.6. The van der Waals surface area contributed by atoms with Crippen molar-refractivity contribution in [3.63, 3.8) is 0 Å². The van der Waals surface area contributed by atoms with E-state index < -0.39 is 6.10 Å². The van der Waals surface area contributed by atoms with Crippen LogP contribution in [0, 0.1) is 5.92 Å². The van der Waals surface area contributed by atoms with E-state index in [1.54, 1.807) is 12.3 Å². The highest BCUT2D eigenvalue weighted by atomic mass is 16.3. The summed E-state index contributed by atoms with van der Waals surface area (Å²) in [4.78, 5) is 14.6. The van der Waals surface area contributed by atoms with Crippen molar-refractivity contribution in [2.45, 2.75) is 32.4 Å². The van der Waals surface area contributed by atoms with E-state index in [0.717, 1.165) is 24.4 Å². The van der Waals surface area contributed by atoms with Crippen LogP contribution >= 0.6 is 0 Å². The second kappa shape index (κ2) is 6.58. The fourth-order valence-electron chi connectivity index (χ4n) is 3.06. The zero-order valence-electron chi connectivity index (χ0n) is 13.0. The fraction of sp³-hybridized carbons (Fsp3) is 0.529. The van der Waals surface area contributed by atoms with Crippen LogP contribution in [-0.4, -0.2) is 45.5 Å². The summed E-state index contributed by atoms with van der Waals surface area (Å²) < 4.78 is 1.37. The van der Waals surface area contributed by atoms with E-state index in [1.165, 1.54) is 17.5 Å². The molecule has 1 aromatic heterocycles. The maximum absolute atomic E-state index is 12.4. The number of rotatable bonds is 4. The van der Waals surface area contributed by atoms with Crippen molar-refractivity contribution < 1.29 is 5.11 Å². The van der Waals surface area contributed by atoms with E-state index in [2.05, 4.69) is 16.9 Å². The normalized spacial score (nSPS) is 18.6. The molecule has 2 aromatic rings. The molecule has 1 aliphatic rings. The Morgan fingerprint density at radius 1 is 1.27 bits per heavy atom.